The number of aromatic nitrogens is 1. The molecule has 0 spiro atoms. The predicted octanol–water partition coefficient (Wildman–Crippen LogP) is 3.27. The molecule has 1 aromatic carbocycles. The number of benzene rings is 1. The molecule has 4 nitrogen and oxygen atoms in total. The highest BCUT2D eigenvalue weighted by atomic mass is 35.5. The zero-order chi connectivity index (χ0) is 15.2. The van der Waals surface area contributed by atoms with E-state index in [1.807, 2.05) is 0 Å². The van der Waals surface area contributed by atoms with Gasteiger partial charge < -0.3 is 10.1 Å². The van der Waals surface area contributed by atoms with Crippen LogP contribution in [0.25, 0.3) is 0 Å². The highest BCUT2D eigenvalue weighted by Crippen LogP contribution is 2.15. The van der Waals surface area contributed by atoms with Crippen LogP contribution in [0.1, 0.15) is 15.9 Å². The van der Waals surface area contributed by atoms with E-state index in [1.165, 1.54) is 24.4 Å². The molecule has 1 heterocycles. The first-order valence-corrected chi connectivity index (χ1v) is 6.36. The van der Waals surface area contributed by atoms with Gasteiger partial charge in [-0.25, -0.2) is 4.98 Å². The average Bonchev–Trinajstić information content (AvgIpc) is 2.46. The van der Waals surface area contributed by atoms with Crippen molar-refractivity contribution in [2.24, 2.45) is 0 Å². The summed E-state index contributed by atoms with van der Waals surface area (Å²) >= 11 is 5.63. The summed E-state index contributed by atoms with van der Waals surface area (Å²) < 4.78 is 28.2. The number of amides is 1. The Hall–Kier alpha value is -2.21. The van der Waals surface area contributed by atoms with Crippen LogP contribution in [0, 0.1) is 0 Å². The molecule has 0 aliphatic carbocycles. The number of ether oxygens (including phenoxy) is 1. The maximum Gasteiger partial charge on any atom is 0.387 e. The van der Waals surface area contributed by atoms with Gasteiger partial charge in [-0.05, 0) is 29.8 Å². The lowest BCUT2D eigenvalue weighted by Gasteiger charge is -2.07. The highest BCUT2D eigenvalue weighted by molar-refractivity contribution is 6.29. The molecule has 0 aliphatic rings. The Morgan fingerprint density at radius 3 is 2.52 bits per heavy atom. The fraction of sp³-hybridized carbons (Fsp3) is 0.143. The monoisotopic (exact) mass is 312 g/mol. The second-order valence-electron chi connectivity index (χ2n) is 4.07. The molecule has 0 unspecified atom stereocenters. The Balaban J connectivity index is 1.90. The third-order valence-corrected chi connectivity index (χ3v) is 2.81. The van der Waals surface area contributed by atoms with E-state index in [-0.39, 0.29) is 18.2 Å². The Morgan fingerprint density at radius 1 is 1.24 bits per heavy atom. The van der Waals surface area contributed by atoms with Crippen LogP contribution in [0.5, 0.6) is 5.75 Å². The van der Waals surface area contributed by atoms with Gasteiger partial charge in [0.25, 0.3) is 5.91 Å². The lowest BCUT2D eigenvalue weighted by atomic mass is 10.2. The Labute approximate surface area is 124 Å². The molecular formula is C14H11ClF2N2O2. The number of alkyl halides is 2. The quantitative estimate of drug-likeness (QED) is 0.862. The number of nitrogens with zero attached hydrogens (tertiary/aromatic N) is 1. The van der Waals surface area contributed by atoms with E-state index in [4.69, 9.17) is 11.6 Å². The van der Waals surface area contributed by atoms with Crippen molar-refractivity contribution in [3.05, 3.63) is 58.9 Å². The normalized spacial score (nSPS) is 10.5. The molecule has 0 saturated heterocycles. The molecule has 110 valence electrons. The van der Waals surface area contributed by atoms with Gasteiger partial charge in [0.1, 0.15) is 10.9 Å². The summed E-state index contributed by atoms with van der Waals surface area (Å²) in [5.41, 5.74) is 1.14. The number of rotatable bonds is 5. The van der Waals surface area contributed by atoms with Gasteiger partial charge in [0.15, 0.2) is 0 Å². The summed E-state index contributed by atoms with van der Waals surface area (Å²) in [6.07, 6.45) is 1.37. The number of hydrogen-bond donors (Lipinski definition) is 1. The summed E-state index contributed by atoms with van der Waals surface area (Å²) in [6, 6.07) is 9.10. The maximum absolute atomic E-state index is 12.0. The molecule has 0 saturated carbocycles. The molecule has 0 aliphatic heterocycles. The molecule has 21 heavy (non-hydrogen) atoms. The number of hydrogen-bond acceptors (Lipinski definition) is 3. The van der Waals surface area contributed by atoms with E-state index >= 15 is 0 Å². The van der Waals surface area contributed by atoms with Gasteiger partial charge in [-0.15, -0.1) is 0 Å². The first kappa shape index (κ1) is 15.2. The van der Waals surface area contributed by atoms with Gasteiger partial charge in [0, 0.05) is 12.7 Å². The van der Waals surface area contributed by atoms with Crippen molar-refractivity contribution in [1.29, 1.82) is 0 Å². The number of carbonyl (C=O) groups excluding carboxylic acids is 1. The number of nitrogens with one attached hydrogen (secondary N) is 1. The van der Waals surface area contributed by atoms with Gasteiger partial charge in [-0.2, -0.15) is 8.78 Å². The van der Waals surface area contributed by atoms with Crippen LogP contribution in [0.3, 0.4) is 0 Å². The zero-order valence-corrected chi connectivity index (χ0v) is 11.5. The molecule has 0 radical (unpaired) electrons. The molecule has 0 atom stereocenters. The summed E-state index contributed by atoms with van der Waals surface area (Å²) in [6.45, 7) is -2.59. The van der Waals surface area contributed by atoms with E-state index in [9.17, 15) is 13.6 Å². The van der Waals surface area contributed by atoms with Crippen LogP contribution in [0.2, 0.25) is 5.15 Å². The van der Waals surface area contributed by atoms with Crippen LogP contribution < -0.4 is 10.1 Å². The van der Waals surface area contributed by atoms with Crippen molar-refractivity contribution in [1.82, 2.24) is 10.3 Å². The first-order chi connectivity index (χ1) is 10.0. The predicted molar refractivity (Wildman–Crippen MR) is 73.5 cm³/mol. The van der Waals surface area contributed by atoms with E-state index < -0.39 is 6.61 Å². The van der Waals surface area contributed by atoms with Gasteiger partial charge in [0.2, 0.25) is 0 Å². The summed E-state index contributed by atoms with van der Waals surface area (Å²) in [4.78, 5) is 15.6. The molecular weight excluding hydrogens is 302 g/mol. The zero-order valence-electron chi connectivity index (χ0n) is 10.7. The summed E-state index contributed by atoms with van der Waals surface area (Å²) in [5, 5.41) is 2.99. The number of carbonyl (C=O) groups is 1. The smallest absolute Gasteiger partial charge is 0.387 e. The lowest BCUT2D eigenvalue weighted by Crippen LogP contribution is -2.22. The third-order valence-electron chi connectivity index (χ3n) is 2.59. The number of halogens is 3. The summed E-state index contributed by atoms with van der Waals surface area (Å²) in [5.74, 6) is -0.228. The lowest BCUT2D eigenvalue weighted by molar-refractivity contribution is -0.0498. The highest BCUT2D eigenvalue weighted by Gasteiger charge is 2.07. The van der Waals surface area contributed by atoms with Crippen LogP contribution in [-0.4, -0.2) is 17.5 Å². The third kappa shape index (κ3) is 4.68. The molecule has 1 N–H and O–H groups in total. The Morgan fingerprint density at radius 2 is 1.95 bits per heavy atom. The molecule has 0 fully saturated rings. The minimum Gasteiger partial charge on any atom is -0.435 e. The van der Waals surface area contributed by atoms with E-state index in [2.05, 4.69) is 15.0 Å². The minimum absolute atomic E-state index is 0.0713. The second kappa shape index (κ2) is 6.99. The average molecular weight is 313 g/mol. The van der Waals surface area contributed by atoms with Gasteiger partial charge in [0.05, 0.1) is 5.56 Å². The van der Waals surface area contributed by atoms with Crippen molar-refractivity contribution in [2.45, 2.75) is 13.2 Å². The van der Waals surface area contributed by atoms with E-state index in [0.29, 0.717) is 10.7 Å². The fourth-order valence-corrected chi connectivity index (χ4v) is 1.70. The van der Waals surface area contributed by atoms with Crippen LogP contribution in [-0.2, 0) is 6.54 Å². The summed E-state index contributed by atoms with van der Waals surface area (Å²) in [7, 11) is 0. The molecule has 2 aromatic rings. The molecule has 1 aromatic heterocycles. The Kier molecular flexibility index (Phi) is 5.05. The standard InChI is InChI=1S/C14H11ClF2N2O2/c15-12-6-3-10(8-18-12)13(20)19-7-9-1-4-11(5-2-9)21-14(16)17/h1-6,8,14H,7H2,(H,19,20). The van der Waals surface area contributed by atoms with Crippen LogP contribution in [0.4, 0.5) is 8.78 Å². The van der Waals surface area contributed by atoms with Gasteiger partial charge in [-0.1, -0.05) is 23.7 Å². The van der Waals surface area contributed by atoms with Crippen molar-refractivity contribution in [3.63, 3.8) is 0 Å². The van der Waals surface area contributed by atoms with Crippen molar-refractivity contribution < 1.29 is 18.3 Å². The molecule has 1 amide bonds. The first-order valence-electron chi connectivity index (χ1n) is 5.98. The van der Waals surface area contributed by atoms with Crippen molar-refractivity contribution in [3.8, 4) is 5.75 Å². The van der Waals surface area contributed by atoms with E-state index in [1.54, 1.807) is 18.2 Å². The maximum atomic E-state index is 12.0. The Bertz CT molecular complexity index is 603. The van der Waals surface area contributed by atoms with Crippen molar-refractivity contribution in [2.75, 3.05) is 0 Å². The second-order valence-corrected chi connectivity index (χ2v) is 4.46. The van der Waals surface area contributed by atoms with Gasteiger partial charge >= 0.3 is 6.61 Å². The topological polar surface area (TPSA) is 51.2 Å². The van der Waals surface area contributed by atoms with Gasteiger partial charge in [-0.3, -0.25) is 4.79 Å². The van der Waals surface area contributed by atoms with E-state index in [0.717, 1.165) is 5.56 Å². The van der Waals surface area contributed by atoms with Crippen LogP contribution in [0.15, 0.2) is 42.6 Å². The molecule has 0 bridgehead atoms. The van der Waals surface area contributed by atoms with Crippen molar-refractivity contribution >= 4 is 17.5 Å². The molecule has 2 rings (SSSR count). The largest absolute Gasteiger partial charge is 0.435 e. The fourth-order valence-electron chi connectivity index (χ4n) is 1.58. The SMILES string of the molecule is O=C(NCc1ccc(OC(F)F)cc1)c1ccc(Cl)nc1. The number of pyridine rings is 1. The molecule has 7 heteroatoms. The minimum atomic E-state index is -2.85. The van der Waals surface area contributed by atoms with Crippen LogP contribution >= 0.6 is 11.6 Å².